The van der Waals surface area contributed by atoms with Gasteiger partial charge < -0.3 is 4.74 Å². The van der Waals surface area contributed by atoms with Crippen LogP contribution >= 0.6 is 15.9 Å². The molecule has 0 saturated carbocycles. The molecule has 0 aromatic heterocycles. The van der Waals surface area contributed by atoms with Crippen molar-refractivity contribution >= 4 is 15.9 Å². The molecule has 0 aliphatic heterocycles. The van der Waals surface area contributed by atoms with Gasteiger partial charge in [0.25, 0.3) is 0 Å². The predicted molar refractivity (Wildman–Crippen MR) is 70.4 cm³/mol. The lowest BCUT2D eigenvalue weighted by Crippen LogP contribution is -2.38. The molecule has 0 fully saturated rings. The van der Waals surface area contributed by atoms with Gasteiger partial charge in [-0.05, 0) is 40.9 Å². The summed E-state index contributed by atoms with van der Waals surface area (Å²) in [6, 6.07) is 1.71. The van der Waals surface area contributed by atoms with Gasteiger partial charge in [0.15, 0.2) is 0 Å². The second-order valence-electron chi connectivity index (χ2n) is 4.35. The summed E-state index contributed by atoms with van der Waals surface area (Å²) in [6.07, 6.45) is -4.44. The number of ether oxygens (including phenoxy) is 1. The van der Waals surface area contributed by atoms with E-state index in [2.05, 4.69) is 26.1 Å². The SMILES string of the molecule is NNC(CCOCC(F)(F)F)Cc1c(F)ccc(Br)c1F. The van der Waals surface area contributed by atoms with Crippen LogP contribution in [0.25, 0.3) is 0 Å². The minimum absolute atomic E-state index is 0.0813. The highest BCUT2D eigenvalue weighted by Gasteiger charge is 2.27. The Morgan fingerprint density at radius 2 is 1.95 bits per heavy atom. The third-order valence-electron chi connectivity index (χ3n) is 2.70. The van der Waals surface area contributed by atoms with E-state index in [0.717, 1.165) is 6.07 Å². The molecule has 1 aromatic carbocycles. The highest BCUT2D eigenvalue weighted by atomic mass is 79.9. The van der Waals surface area contributed by atoms with Crippen LogP contribution in [0.15, 0.2) is 16.6 Å². The average molecular weight is 377 g/mol. The van der Waals surface area contributed by atoms with Crippen LogP contribution in [0.2, 0.25) is 0 Å². The Bertz CT molecular complexity index is 470. The molecule has 3 N–H and O–H groups in total. The smallest absolute Gasteiger partial charge is 0.372 e. The maximum Gasteiger partial charge on any atom is 0.411 e. The van der Waals surface area contributed by atoms with E-state index in [1.807, 2.05) is 0 Å². The molecular formula is C12H14BrF5N2O. The number of alkyl halides is 3. The molecule has 1 rings (SSSR count). The van der Waals surface area contributed by atoms with E-state index in [1.165, 1.54) is 6.07 Å². The van der Waals surface area contributed by atoms with Crippen LogP contribution in [0.4, 0.5) is 22.0 Å². The summed E-state index contributed by atoms with van der Waals surface area (Å²) < 4.78 is 67.5. The lowest BCUT2D eigenvalue weighted by molar-refractivity contribution is -0.174. The number of hydrogen-bond donors (Lipinski definition) is 2. The van der Waals surface area contributed by atoms with Gasteiger partial charge in [-0.2, -0.15) is 13.2 Å². The van der Waals surface area contributed by atoms with E-state index in [9.17, 15) is 22.0 Å². The first-order valence-electron chi connectivity index (χ1n) is 5.97. The van der Waals surface area contributed by atoms with Gasteiger partial charge in [0, 0.05) is 18.2 Å². The molecule has 0 radical (unpaired) electrons. The highest BCUT2D eigenvalue weighted by molar-refractivity contribution is 9.10. The maximum absolute atomic E-state index is 13.8. The van der Waals surface area contributed by atoms with E-state index in [0.29, 0.717) is 0 Å². The van der Waals surface area contributed by atoms with Crippen molar-refractivity contribution < 1.29 is 26.7 Å². The molecule has 3 nitrogen and oxygen atoms in total. The van der Waals surface area contributed by atoms with E-state index >= 15 is 0 Å². The molecule has 120 valence electrons. The van der Waals surface area contributed by atoms with Crippen LogP contribution < -0.4 is 11.3 Å². The number of hydrogen-bond acceptors (Lipinski definition) is 3. The molecule has 0 aliphatic rings. The molecule has 9 heteroatoms. The molecule has 0 saturated heterocycles. The molecule has 0 amide bonds. The van der Waals surface area contributed by atoms with Crippen LogP contribution in [0, 0.1) is 11.6 Å². The number of rotatable bonds is 7. The summed E-state index contributed by atoms with van der Waals surface area (Å²) in [6.45, 7) is -1.60. The fraction of sp³-hybridized carbons (Fsp3) is 0.500. The van der Waals surface area contributed by atoms with Crippen molar-refractivity contribution in [3.8, 4) is 0 Å². The van der Waals surface area contributed by atoms with Crippen molar-refractivity contribution in [2.24, 2.45) is 5.84 Å². The van der Waals surface area contributed by atoms with Gasteiger partial charge in [0.2, 0.25) is 0 Å². The number of halogens is 6. The molecule has 1 atom stereocenters. The quantitative estimate of drug-likeness (QED) is 0.253. The average Bonchev–Trinajstić information content (AvgIpc) is 2.40. The Balaban J connectivity index is 2.57. The number of hydrazine groups is 1. The molecule has 0 spiro atoms. The van der Waals surface area contributed by atoms with Crippen molar-refractivity contribution in [3.05, 3.63) is 33.8 Å². The van der Waals surface area contributed by atoms with Crippen molar-refractivity contribution in [2.75, 3.05) is 13.2 Å². The molecule has 0 heterocycles. The van der Waals surface area contributed by atoms with E-state index in [4.69, 9.17) is 5.84 Å². The van der Waals surface area contributed by atoms with E-state index in [-0.39, 0.29) is 29.5 Å². The zero-order valence-corrected chi connectivity index (χ0v) is 12.4. The minimum Gasteiger partial charge on any atom is -0.372 e. The first-order chi connectivity index (χ1) is 9.74. The maximum atomic E-state index is 13.8. The summed E-state index contributed by atoms with van der Waals surface area (Å²) in [5.41, 5.74) is 2.12. The second-order valence-corrected chi connectivity index (χ2v) is 5.20. The zero-order chi connectivity index (χ0) is 16.0. The third-order valence-corrected chi connectivity index (χ3v) is 3.31. The van der Waals surface area contributed by atoms with Gasteiger partial charge in [-0.1, -0.05) is 0 Å². The molecule has 1 aromatic rings. The Morgan fingerprint density at radius 3 is 2.52 bits per heavy atom. The van der Waals surface area contributed by atoms with Crippen molar-refractivity contribution in [3.63, 3.8) is 0 Å². The lowest BCUT2D eigenvalue weighted by Gasteiger charge is -2.17. The molecule has 0 aliphatic carbocycles. The second kappa shape index (κ2) is 8.02. The Labute approximate surface area is 126 Å². The largest absolute Gasteiger partial charge is 0.411 e. The first kappa shape index (κ1) is 18.3. The van der Waals surface area contributed by atoms with Crippen molar-refractivity contribution in [1.29, 1.82) is 0 Å². The van der Waals surface area contributed by atoms with Crippen LogP contribution in [0.3, 0.4) is 0 Å². The molecule has 1 unspecified atom stereocenters. The number of nitrogens with two attached hydrogens (primary N) is 1. The van der Waals surface area contributed by atoms with Gasteiger partial charge in [-0.15, -0.1) is 0 Å². The fourth-order valence-corrected chi connectivity index (χ4v) is 2.03. The van der Waals surface area contributed by atoms with Crippen LogP contribution in [-0.2, 0) is 11.2 Å². The summed E-state index contributed by atoms with van der Waals surface area (Å²) >= 11 is 2.93. The van der Waals surface area contributed by atoms with Crippen molar-refractivity contribution in [1.82, 2.24) is 5.43 Å². The van der Waals surface area contributed by atoms with E-state index < -0.39 is 30.5 Å². The molecular weight excluding hydrogens is 363 g/mol. The summed E-state index contributed by atoms with van der Waals surface area (Å²) in [5, 5.41) is 0. The van der Waals surface area contributed by atoms with Gasteiger partial charge in [0.05, 0.1) is 4.47 Å². The fourth-order valence-electron chi connectivity index (χ4n) is 1.66. The predicted octanol–water partition coefficient (Wildman–Crippen LogP) is 3.07. The number of benzene rings is 1. The Morgan fingerprint density at radius 1 is 1.29 bits per heavy atom. The highest BCUT2D eigenvalue weighted by Crippen LogP contribution is 2.23. The lowest BCUT2D eigenvalue weighted by atomic mass is 10.0. The third kappa shape index (κ3) is 6.25. The molecule has 0 bridgehead atoms. The first-order valence-corrected chi connectivity index (χ1v) is 6.77. The van der Waals surface area contributed by atoms with Gasteiger partial charge >= 0.3 is 6.18 Å². The number of nitrogens with one attached hydrogen (secondary N) is 1. The summed E-state index contributed by atoms with van der Waals surface area (Å²) in [7, 11) is 0. The topological polar surface area (TPSA) is 47.3 Å². The zero-order valence-electron chi connectivity index (χ0n) is 10.8. The Kier molecular flexibility index (Phi) is 6.98. The summed E-state index contributed by atoms with van der Waals surface area (Å²) in [4.78, 5) is 0. The monoisotopic (exact) mass is 376 g/mol. The molecule has 21 heavy (non-hydrogen) atoms. The van der Waals surface area contributed by atoms with E-state index in [1.54, 1.807) is 0 Å². The van der Waals surface area contributed by atoms with Gasteiger partial charge in [0.1, 0.15) is 18.2 Å². The Hall–Kier alpha value is -0.770. The summed E-state index contributed by atoms with van der Waals surface area (Å²) in [5.74, 6) is 3.74. The van der Waals surface area contributed by atoms with Crippen LogP contribution in [0.5, 0.6) is 0 Å². The van der Waals surface area contributed by atoms with Gasteiger partial charge in [-0.3, -0.25) is 11.3 Å². The van der Waals surface area contributed by atoms with Crippen LogP contribution in [0.1, 0.15) is 12.0 Å². The van der Waals surface area contributed by atoms with Crippen molar-refractivity contribution in [2.45, 2.75) is 25.1 Å². The normalized spacial score (nSPS) is 13.5. The standard InChI is InChI=1S/C12H14BrF5N2O/c13-9-1-2-10(14)8(11(9)15)5-7(20-19)3-4-21-6-12(16,17)18/h1-2,7,20H,3-6,19H2. The van der Waals surface area contributed by atoms with Gasteiger partial charge in [-0.25, -0.2) is 8.78 Å². The minimum atomic E-state index is -4.41. The van der Waals surface area contributed by atoms with Crippen LogP contribution in [-0.4, -0.2) is 25.4 Å².